The standard InChI is InChI=1S/2C7H6O4.Ca/c2*8-5-3-1-2-4(6(5)9)7(10)11;/h2*1-3,8-9H,(H,10,11);/q;;+2/p-2. The predicted molar refractivity (Wildman–Crippen MR) is 74.0 cm³/mol. The quantitative estimate of drug-likeness (QED) is 0.379. The summed E-state index contributed by atoms with van der Waals surface area (Å²) in [7, 11) is 0. The van der Waals surface area contributed by atoms with Crippen molar-refractivity contribution >= 4 is 49.7 Å². The maximum Gasteiger partial charge on any atom is 2.00 e. The summed E-state index contributed by atoms with van der Waals surface area (Å²) in [6.07, 6.45) is 0. The van der Waals surface area contributed by atoms with E-state index in [1.54, 1.807) is 0 Å². The van der Waals surface area contributed by atoms with Crippen molar-refractivity contribution in [3.63, 3.8) is 0 Å². The van der Waals surface area contributed by atoms with Crippen LogP contribution in [-0.2, 0) is 0 Å². The van der Waals surface area contributed by atoms with Crippen LogP contribution in [0.1, 0.15) is 20.7 Å². The van der Waals surface area contributed by atoms with Gasteiger partial charge in [0.2, 0.25) is 0 Å². The van der Waals surface area contributed by atoms with Gasteiger partial charge in [0.15, 0.2) is 23.0 Å². The van der Waals surface area contributed by atoms with Crippen LogP contribution in [0.2, 0.25) is 0 Å². The maximum atomic E-state index is 10.2. The van der Waals surface area contributed by atoms with Crippen molar-refractivity contribution in [3.8, 4) is 23.0 Å². The van der Waals surface area contributed by atoms with Gasteiger partial charge >= 0.3 is 37.7 Å². The van der Waals surface area contributed by atoms with E-state index in [2.05, 4.69) is 0 Å². The van der Waals surface area contributed by atoms with Gasteiger partial charge in [-0.2, -0.15) is 0 Å². The van der Waals surface area contributed by atoms with E-state index >= 15 is 0 Å². The van der Waals surface area contributed by atoms with Crippen molar-refractivity contribution in [3.05, 3.63) is 47.5 Å². The average Bonchev–Trinajstić information content (AvgIpc) is 2.45. The van der Waals surface area contributed by atoms with Gasteiger partial charge in [-0.15, -0.1) is 0 Å². The maximum absolute atomic E-state index is 10.2. The number of carbonyl (C=O) groups excluding carboxylic acids is 2. The van der Waals surface area contributed by atoms with E-state index in [0.29, 0.717) is 0 Å². The third-order valence-electron chi connectivity index (χ3n) is 2.47. The summed E-state index contributed by atoms with van der Waals surface area (Å²) in [5.41, 5.74) is -0.824. The molecule has 0 bridgehead atoms. The smallest absolute Gasteiger partial charge is 0.545 e. The van der Waals surface area contributed by atoms with Crippen molar-refractivity contribution in [1.82, 2.24) is 0 Å². The first kappa shape index (κ1) is 20.8. The molecule has 0 spiro atoms. The summed E-state index contributed by atoms with van der Waals surface area (Å²) >= 11 is 0. The van der Waals surface area contributed by atoms with Gasteiger partial charge in [0.25, 0.3) is 0 Å². The Labute approximate surface area is 159 Å². The number of hydrogen-bond acceptors (Lipinski definition) is 8. The minimum atomic E-state index is -1.52. The van der Waals surface area contributed by atoms with E-state index in [0.717, 1.165) is 12.1 Å². The van der Waals surface area contributed by atoms with Crippen LogP contribution in [0.5, 0.6) is 23.0 Å². The largest absolute Gasteiger partial charge is 2.00 e. The molecule has 4 N–H and O–H groups in total. The first-order valence-electron chi connectivity index (χ1n) is 5.70. The number of carbonyl (C=O) groups is 2. The summed E-state index contributed by atoms with van der Waals surface area (Å²) in [6, 6.07) is 7.26. The summed E-state index contributed by atoms with van der Waals surface area (Å²) in [6.45, 7) is 0. The van der Waals surface area contributed by atoms with Crippen molar-refractivity contribution in [2.75, 3.05) is 0 Å². The summed E-state index contributed by atoms with van der Waals surface area (Å²) in [4.78, 5) is 20.4. The van der Waals surface area contributed by atoms with Crippen LogP contribution in [0.15, 0.2) is 36.4 Å². The summed E-state index contributed by atoms with van der Waals surface area (Å²) in [5, 5.41) is 55.8. The molecule has 0 amide bonds. The van der Waals surface area contributed by atoms with E-state index in [1.807, 2.05) is 0 Å². The second-order valence-electron chi connectivity index (χ2n) is 3.92. The van der Waals surface area contributed by atoms with Crippen LogP contribution in [0.25, 0.3) is 0 Å². The zero-order chi connectivity index (χ0) is 16.9. The van der Waals surface area contributed by atoms with E-state index < -0.39 is 46.1 Å². The molecule has 8 nitrogen and oxygen atoms in total. The molecule has 0 fully saturated rings. The topological polar surface area (TPSA) is 161 Å². The van der Waals surface area contributed by atoms with Gasteiger partial charge in [-0.05, 0) is 24.3 Å². The molecular formula is C14H10CaO8. The third-order valence-corrected chi connectivity index (χ3v) is 2.47. The fourth-order valence-electron chi connectivity index (χ4n) is 1.39. The van der Waals surface area contributed by atoms with Gasteiger partial charge < -0.3 is 40.2 Å². The minimum Gasteiger partial charge on any atom is -0.545 e. The van der Waals surface area contributed by atoms with Gasteiger partial charge in [-0.1, -0.05) is 12.1 Å². The number of phenols is 4. The SMILES string of the molecule is O=C([O-])c1cccc(O)c1O.O=C([O-])c1cccc(O)c1O.[Ca+2]. The summed E-state index contributed by atoms with van der Waals surface area (Å²) < 4.78 is 0. The second-order valence-corrected chi connectivity index (χ2v) is 3.92. The molecule has 0 aromatic heterocycles. The van der Waals surface area contributed by atoms with Gasteiger partial charge in [0.1, 0.15) is 0 Å². The zero-order valence-corrected chi connectivity index (χ0v) is 13.8. The third kappa shape index (κ3) is 5.51. The number of hydrogen-bond donors (Lipinski definition) is 4. The molecule has 0 saturated heterocycles. The fraction of sp³-hybridized carbons (Fsp3) is 0. The Hall–Kier alpha value is -2.16. The number of aromatic hydroxyl groups is 4. The molecule has 2 rings (SSSR count). The second kappa shape index (κ2) is 9.09. The molecule has 0 atom stereocenters. The van der Waals surface area contributed by atoms with Crippen LogP contribution in [-0.4, -0.2) is 70.1 Å². The molecule has 2 aromatic carbocycles. The fourth-order valence-corrected chi connectivity index (χ4v) is 1.39. The number of carboxylic acids is 2. The van der Waals surface area contributed by atoms with E-state index in [-0.39, 0.29) is 37.7 Å². The van der Waals surface area contributed by atoms with Gasteiger partial charge in [0, 0.05) is 11.1 Å². The van der Waals surface area contributed by atoms with E-state index in [4.69, 9.17) is 20.4 Å². The van der Waals surface area contributed by atoms with Crippen LogP contribution in [0.3, 0.4) is 0 Å². The molecule has 0 heterocycles. The van der Waals surface area contributed by atoms with Crippen LogP contribution in [0, 0.1) is 0 Å². The molecule has 0 aliphatic heterocycles. The number of carboxylic acid groups (broad SMARTS) is 2. The van der Waals surface area contributed by atoms with Crippen molar-refractivity contribution in [2.24, 2.45) is 0 Å². The molecule has 0 unspecified atom stereocenters. The minimum absolute atomic E-state index is 0. The first-order valence-corrected chi connectivity index (χ1v) is 5.70. The van der Waals surface area contributed by atoms with Gasteiger partial charge in [-0.25, -0.2) is 0 Å². The molecule has 0 aliphatic carbocycles. The Kier molecular flexibility index (Phi) is 8.23. The van der Waals surface area contributed by atoms with Crippen molar-refractivity contribution in [1.29, 1.82) is 0 Å². The Morgan fingerprint density at radius 2 is 1.00 bits per heavy atom. The normalized spacial score (nSPS) is 9.04. The zero-order valence-electron chi connectivity index (χ0n) is 11.6. The summed E-state index contributed by atoms with van der Waals surface area (Å²) in [5.74, 6) is -5.28. The molecule has 0 radical (unpaired) electrons. The van der Waals surface area contributed by atoms with Gasteiger partial charge in [0.05, 0.1) is 11.9 Å². The molecule has 116 valence electrons. The number of benzene rings is 2. The molecule has 2 aromatic rings. The van der Waals surface area contributed by atoms with Crippen LogP contribution in [0.4, 0.5) is 0 Å². The number of para-hydroxylation sites is 2. The Morgan fingerprint density at radius 3 is 1.22 bits per heavy atom. The Bertz CT molecular complexity index is 652. The Morgan fingerprint density at radius 1 is 0.696 bits per heavy atom. The average molecular weight is 346 g/mol. The van der Waals surface area contributed by atoms with Crippen LogP contribution >= 0.6 is 0 Å². The Balaban J connectivity index is 0.000000403. The molecular weight excluding hydrogens is 336 g/mol. The first-order chi connectivity index (χ1) is 10.3. The van der Waals surface area contributed by atoms with Crippen LogP contribution < -0.4 is 10.2 Å². The van der Waals surface area contributed by atoms with Gasteiger partial charge in [-0.3, -0.25) is 0 Å². The molecule has 23 heavy (non-hydrogen) atoms. The number of phenolic OH excluding ortho intramolecular Hbond substituents is 2. The monoisotopic (exact) mass is 346 g/mol. The number of rotatable bonds is 2. The predicted octanol–water partition coefficient (Wildman–Crippen LogP) is -1.46. The van der Waals surface area contributed by atoms with Crippen molar-refractivity contribution < 1.29 is 40.2 Å². The van der Waals surface area contributed by atoms with E-state index in [9.17, 15) is 19.8 Å². The number of aromatic carboxylic acids is 2. The molecule has 0 aliphatic rings. The van der Waals surface area contributed by atoms with Crippen molar-refractivity contribution in [2.45, 2.75) is 0 Å². The molecule has 9 heteroatoms. The molecule has 0 saturated carbocycles. The van der Waals surface area contributed by atoms with E-state index in [1.165, 1.54) is 24.3 Å².